The van der Waals surface area contributed by atoms with Crippen LogP contribution in [0.5, 0.6) is 5.75 Å². The second-order valence-corrected chi connectivity index (χ2v) is 7.67. The van der Waals surface area contributed by atoms with Crippen molar-refractivity contribution in [1.82, 2.24) is 0 Å². The van der Waals surface area contributed by atoms with Gasteiger partial charge >= 0.3 is 0 Å². The topological polar surface area (TPSA) is 37.1 Å². The molecule has 2 aromatic rings. The number of rotatable bonds is 6. The van der Waals surface area contributed by atoms with Crippen molar-refractivity contribution in [3.8, 4) is 5.75 Å². The molecular weight excluding hydrogens is 371 g/mol. The normalized spacial score (nSPS) is 16.5. The maximum absolute atomic E-state index is 10.3. The number of hydrogen-bond acceptors (Lipinski definition) is 3. The van der Waals surface area contributed by atoms with Crippen LogP contribution in [-0.2, 0) is 0 Å². The highest BCUT2D eigenvalue weighted by Crippen LogP contribution is 2.22. The van der Waals surface area contributed by atoms with Gasteiger partial charge in [0.2, 0.25) is 0 Å². The predicted octanol–water partition coefficient (Wildman–Crippen LogP) is 2.45. The summed E-state index contributed by atoms with van der Waals surface area (Å²) in [5.41, 5.74) is 2.14. The van der Waals surface area contributed by atoms with Crippen LogP contribution in [0.1, 0.15) is 5.56 Å². The molecular formula is C20H25Cl2N2O2+. The number of halogens is 2. The molecule has 0 amide bonds. The molecule has 0 aliphatic carbocycles. The molecule has 1 aliphatic heterocycles. The minimum atomic E-state index is -0.488. The van der Waals surface area contributed by atoms with Gasteiger partial charge in [-0.1, -0.05) is 29.3 Å². The van der Waals surface area contributed by atoms with E-state index in [0.29, 0.717) is 18.2 Å². The predicted molar refractivity (Wildman–Crippen MR) is 107 cm³/mol. The first-order chi connectivity index (χ1) is 12.5. The number of anilines is 1. The monoisotopic (exact) mass is 395 g/mol. The Bertz CT molecular complexity index is 734. The van der Waals surface area contributed by atoms with Crippen LogP contribution in [0.4, 0.5) is 5.69 Å². The van der Waals surface area contributed by atoms with Crippen LogP contribution in [0.3, 0.4) is 0 Å². The molecule has 6 heteroatoms. The standard InChI is InChI=1S/C20H24Cl2N2O2/c1-15-11-17(22)5-6-20(15)26-14-19(25)13-23-7-9-24(10-8-23)18-4-2-3-16(21)12-18/h2-6,11-12,19,25H,7-10,13-14H2,1H3/p+1/t19-/m1/s1. The van der Waals surface area contributed by atoms with Gasteiger partial charge in [0.1, 0.15) is 25.0 Å². The Balaban J connectivity index is 1.44. The lowest BCUT2D eigenvalue weighted by atomic mass is 10.2. The van der Waals surface area contributed by atoms with E-state index in [-0.39, 0.29) is 0 Å². The van der Waals surface area contributed by atoms with Crippen molar-refractivity contribution < 1.29 is 14.7 Å². The zero-order valence-corrected chi connectivity index (χ0v) is 16.4. The second-order valence-electron chi connectivity index (χ2n) is 6.80. The van der Waals surface area contributed by atoms with Gasteiger partial charge in [0.15, 0.2) is 0 Å². The molecule has 1 saturated heterocycles. The van der Waals surface area contributed by atoms with Crippen LogP contribution in [-0.4, -0.2) is 50.5 Å². The van der Waals surface area contributed by atoms with Crippen molar-refractivity contribution >= 4 is 28.9 Å². The molecule has 4 nitrogen and oxygen atoms in total. The minimum absolute atomic E-state index is 0.296. The van der Waals surface area contributed by atoms with Crippen molar-refractivity contribution in [1.29, 1.82) is 0 Å². The molecule has 0 saturated carbocycles. The summed E-state index contributed by atoms with van der Waals surface area (Å²) < 4.78 is 5.75. The third-order valence-electron chi connectivity index (χ3n) is 4.74. The number of aliphatic hydroxyl groups excluding tert-OH is 1. The Morgan fingerprint density at radius 2 is 1.85 bits per heavy atom. The smallest absolute Gasteiger partial charge is 0.137 e. The summed E-state index contributed by atoms with van der Waals surface area (Å²) in [5, 5.41) is 11.8. The van der Waals surface area contributed by atoms with Gasteiger partial charge < -0.3 is 19.6 Å². The number of nitrogens with one attached hydrogen (secondary N) is 1. The van der Waals surface area contributed by atoms with Gasteiger partial charge in [-0.15, -0.1) is 0 Å². The van der Waals surface area contributed by atoms with Gasteiger partial charge in [-0.05, 0) is 48.9 Å². The molecule has 2 N–H and O–H groups in total. The molecule has 3 rings (SSSR count). The van der Waals surface area contributed by atoms with E-state index >= 15 is 0 Å². The van der Waals surface area contributed by atoms with Gasteiger partial charge in [-0.25, -0.2) is 0 Å². The van der Waals surface area contributed by atoms with Crippen molar-refractivity contribution in [2.45, 2.75) is 13.0 Å². The number of piperazine rings is 1. The fourth-order valence-corrected chi connectivity index (χ4v) is 3.72. The van der Waals surface area contributed by atoms with E-state index in [4.69, 9.17) is 27.9 Å². The SMILES string of the molecule is Cc1cc(Cl)ccc1OC[C@H](O)C[NH+]1CCN(c2cccc(Cl)c2)CC1. The highest BCUT2D eigenvalue weighted by atomic mass is 35.5. The molecule has 1 heterocycles. The number of hydrogen-bond donors (Lipinski definition) is 2. The molecule has 1 aliphatic rings. The number of nitrogens with zero attached hydrogens (tertiary/aromatic N) is 1. The van der Waals surface area contributed by atoms with Crippen LogP contribution in [0.15, 0.2) is 42.5 Å². The molecule has 0 spiro atoms. The summed E-state index contributed by atoms with van der Waals surface area (Å²) in [6.45, 7) is 6.83. The lowest BCUT2D eigenvalue weighted by Gasteiger charge is -2.34. The maximum Gasteiger partial charge on any atom is 0.137 e. The fraction of sp³-hybridized carbons (Fsp3) is 0.400. The summed E-state index contributed by atoms with van der Waals surface area (Å²) in [4.78, 5) is 3.74. The first kappa shape index (κ1) is 19.3. The fourth-order valence-electron chi connectivity index (χ4n) is 3.31. The van der Waals surface area contributed by atoms with Crippen molar-refractivity contribution in [3.63, 3.8) is 0 Å². The number of quaternary nitrogens is 1. The number of aliphatic hydroxyl groups is 1. The molecule has 140 valence electrons. The van der Waals surface area contributed by atoms with Gasteiger partial charge in [-0.3, -0.25) is 0 Å². The summed E-state index contributed by atoms with van der Waals surface area (Å²) in [6.07, 6.45) is -0.488. The van der Waals surface area contributed by atoms with Crippen molar-refractivity contribution in [2.24, 2.45) is 0 Å². The molecule has 0 radical (unpaired) electrons. The molecule has 2 aromatic carbocycles. The molecule has 0 unspecified atom stereocenters. The third kappa shape index (κ3) is 5.27. The van der Waals surface area contributed by atoms with Crippen molar-refractivity contribution in [3.05, 3.63) is 58.1 Å². The van der Waals surface area contributed by atoms with Crippen LogP contribution in [0.2, 0.25) is 10.0 Å². The van der Waals surface area contributed by atoms with E-state index < -0.39 is 6.10 Å². The van der Waals surface area contributed by atoms with E-state index in [2.05, 4.69) is 11.0 Å². The highest BCUT2D eigenvalue weighted by Gasteiger charge is 2.23. The number of aryl methyl sites for hydroxylation is 1. The Kier molecular flexibility index (Phi) is 6.65. The van der Waals surface area contributed by atoms with E-state index in [1.54, 1.807) is 6.07 Å². The lowest BCUT2D eigenvalue weighted by Crippen LogP contribution is -3.16. The summed E-state index contributed by atoms with van der Waals surface area (Å²) in [7, 11) is 0. The maximum atomic E-state index is 10.3. The summed E-state index contributed by atoms with van der Waals surface area (Å²) in [5.74, 6) is 0.772. The number of benzene rings is 2. The largest absolute Gasteiger partial charge is 0.490 e. The third-order valence-corrected chi connectivity index (χ3v) is 5.21. The van der Waals surface area contributed by atoms with Gasteiger partial charge in [0.05, 0.1) is 26.2 Å². The first-order valence-corrected chi connectivity index (χ1v) is 9.68. The Hall–Kier alpha value is -1.46. The van der Waals surface area contributed by atoms with E-state index in [0.717, 1.165) is 42.5 Å². The number of ether oxygens (including phenoxy) is 1. The molecule has 1 fully saturated rings. The Labute approximate surface area is 164 Å². The van der Waals surface area contributed by atoms with Crippen LogP contribution >= 0.6 is 23.2 Å². The average molecular weight is 396 g/mol. The highest BCUT2D eigenvalue weighted by molar-refractivity contribution is 6.31. The minimum Gasteiger partial charge on any atom is -0.490 e. The van der Waals surface area contributed by atoms with E-state index in [1.807, 2.05) is 37.3 Å². The zero-order chi connectivity index (χ0) is 18.5. The zero-order valence-electron chi connectivity index (χ0n) is 14.9. The van der Waals surface area contributed by atoms with Crippen LogP contribution in [0.25, 0.3) is 0 Å². The van der Waals surface area contributed by atoms with Gasteiger partial charge in [-0.2, -0.15) is 0 Å². The Morgan fingerprint density at radius 1 is 1.12 bits per heavy atom. The van der Waals surface area contributed by atoms with Crippen LogP contribution in [0, 0.1) is 6.92 Å². The molecule has 0 bridgehead atoms. The summed E-state index contributed by atoms with van der Waals surface area (Å²) in [6, 6.07) is 13.5. The Morgan fingerprint density at radius 3 is 2.54 bits per heavy atom. The first-order valence-electron chi connectivity index (χ1n) is 8.92. The van der Waals surface area contributed by atoms with Gasteiger partial charge in [0.25, 0.3) is 0 Å². The lowest BCUT2D eigenvalue weighted by molar-refractivity contribution is -0.903. The molecule has 0 aromatic heterocycles. The van der Waals surface area contributed by atoms with Crippen molar-refractivity contribution in [2.75, 3.05) is 44.2 Å². The molecule has 1 atom stereocenters. The quantitative estimate of drug-likeness (QED) is 0.788. The van der Waals surface area contributed by atoms with Crippen LogP contribution < -0.4 is 14.5 Å². The second kappa shape index (κ2) is 8.96. The summed E-state index contributed by atoms with van der Waals surface area (Å²) >= 11 is 12.0. The van der Waals surface area contributed by atoms with Gasteiger partial charge in [0, 0.05) is 15.7 Å². The van der Waals surface area contributed by atoms with E-state index in [9.17, 15) is 5.11 Å². The molecule has 26 heavy (non-hydrogen) atoms. The average Bonchev–Trinajstić information content (AvgIpc) is 2.61. The van der Waals surface area contributed by atoms with E-state index in [1.165, 1.54) is 10.6 Å².